The number of benzene rings is 2. The van der Waals surface area contributed by atoms with Crippen molar-refractivity contribution in [1.29, 1.82) is 0 Å². The van der Waals surface area contributed by atoms with Crippen LogP contribution in [0.1, 0.15) is 5.56 Å². The third-order valence-corrected chi connectivity index (χ3v) is 4.50. The maximum atomic E-state index is 5.61. The highest BCUT2D eigenvalue weighted by Gasteiger charge is 2.06. The largest absolute Gasteiger partial charge is 0.326 e. The zero-order valence-corrected chi connectivity index (χ0v) is 13.1. The molecule has 0 amide bonds. The molecule has 0 unspecified atom stereocenters. The van der Waals surface area contributed by atoms with E-state index in [1.165, 1.54) is 0 Å². The van der Waals surface area contributed by atoms with Crippen molar-refractivity contribution >= 4 is 27.3 Å². The second kappa shape index (κ2) is 5.87. The van der Waals surface area contributed by atoms with Gasteiger partial charge in [-0.25, -0.2) is 4.98 Å². The molecule has 3 rings (SSSR count). The van der Waals surface area contributed by atoms with E-state index in [0.717, 1.165) is 31.9 Å². The van der Waals surface area contributed by atoms with E-state index in [1.54, 1.807) is 11.3 Å². The molecule has 4 heteroatoms. The van der Waals surface area contributed by atoms with Crippen LogP contribution in [-0.4, -0.2) is 4.98 Å². The van der Waals surface area contributed by atoms with Crippen molar-refractivity contribution in [2.24, 2.45) is 5.73 Å². The summed E-state index contributed by atoms with van der Waals surface area (Å²) in [4.78, 5) is 4.71. The van der Waals surface area contributed by atoms with Gasteiger partial charge in [0.05, 0.1) is 5.69 Å². The smallest absolute Gasteiger partial charge is 0.124 e. The number of hydrogen-bond donors (Lipinski definition) is 1. The summed E-state index contributed by atoms with van der Waals surface area (Å²) in [7, 11) is 0. The lowest BCUT2D eigenvalue weighted by molar-refractivity contribution is 1.07. The van der Waals surface area contributed by atoms with Crippen LogP contribution in [0.25, 0.3) is 21.8 Å². The molecule has 0 bridgehead atoms. The molecule has 3 aromatic rings. The number of hydrogen-bond acceptors (Lipinski definition) is 3. The standard InChI is InChI=1S/C16H13BrN2S/c17-14-7-5-13(6-8-14)16-19-15(10-20-16)12-3-1-11(9-18)2-4-12/h1-8,10H,9,18H2. The molecule has 2 N–H and O–H groups in total. The van der Waals surface area contributed by atoms with Crippen LogP contribution in [0.3, 0.4) is 0 Å². The fourth-order valence-corrected chi connectivity index (χ4v) is 3.04. The van der Waals surface area contributed by atoms with Crippen LogP contribution in [0.4, 0.5) is 0 Å². The number of rotatable bonds is 3. The third-order valence-electron chi connectivity index (χ3n) is 3.08. The number of nitrogens with zero attached hydrogens (tertiary/aromatic N) is 1. The highest BCUT2D eigenvalue weighted by Crippen LogP contribution is 2.29. The summed E-state index contributed by atoms with van der Waals surface area (Å²) < 4.78 is 1.08. The molecule has 1 heterocycles. The highest BCUT2D eigenvalue weighted by molar-refractivity contribution is 9.10. The van der Waals surface area contributed by atoms with Gasteiger partial charge in [0.25, 0.3) is 0 Å². The van der Waals surface area contributed by atoms with Gasteiger partial charge in [-0.15, -0.1) is 11.3 Å². The SMILES string of the molecule is NCc1ccc(-c2csc(-c3ccc(Br)cc3)n2)cc1. The molecule has 0 radical (unpaired) electrons. The maximum absolute atomic E-state index is 5.61. The lowest BCUT2D eigenvalue weighted by Gasteiger charge is -1.99. The van der Waals surface area contributed by atoms with Gasteiger partial charge >= 0.3 is 0 Å². The fourth-order valence-electron chi connectivity index (χ4n) is 1.94. The molecule has 100 valence electrons. The number of aromatic nitrogens is 1. The van der Waals surface area contributed by atoms with Crippen LogP contribution in [0.2, 0.25) is 0 Å². The Balaban J connectivity index is 1.91. The summed E-state index contributed by atoms with van der Waals surface area (Å²) in [6.07, 6.45) is 0. The van der Waals surface area contributed by atoms with Crippen molar-refractivity contribution in [1.82, 2.24) is 4.98 Å². The average Bonchev–Trinajstić information content (AvgIpc) is 2.98. The Labute approximate surface area is 130 Å². The zero-order chi connectivity index (χ0) is 13.9. The second-order valence-corrected chi connectivity index (χ2v) is 6.22. The maximum Gasteiger partial charge on any atom is 0.124 e. The van der Waals surface area contributed by atoms with Gasteiger partial charge in [-0.2, -0.15) is 0 Å². The number of thiazole rings is 1. The normalized spacial score (nSPS) is 10.7. The van der Waals surface area contributed by atoms with E-state index in [-0.39, 0.29) is 0 Å². The van der Waals surface area contributed by atoms with Crippen LogP contribution >= 0.6 is 27.3 Å². The summed E-state index contributed by atoms with van der Waals surface area (Å²) in [5, 5.41) is 3.13. The monoisotopic (exact) mass is 344 g/mol. The molecular formula is C16H13BrN2S. The lowest BCUT2D eigenvalue weighted by atomic mass is 10.1. The van der Waals surface area contributed by atoms with Crippen molar-refractivity contribution in [3.63, 3.8) is 0 Å². The molecule has 20 heavy (non-hydrogen) atoms. The Morgan fingerprint density at radius 2 is 1.60 bits per heavy atom. The molecule has 0 aliphatic rings. The minimum atomic E-state index is 0.571. The second-order valence-electron chi connectivity index (χ2n) is 4.45. The van der Waals surface area contributed by atoms with Crippen LogP contribution in [0.15, 0.2) is 58.4 Å². The molecular weight excluding hydrogens is 332 g/mol. The van der Waals surface area contributed by atoms with E-state index < -0.39 is 0 Å². The first-order chi connectivity index (χ1) is 9.76. The van der Waals surface area contributed by atoms with Crippen LogP contribution < -0.4 is 5.73 Å². The Hall–Kier alpha value is -1.49. The van der Waals surface area contributed by atoms with Gasteiger partial charge in [-0.05, 0) is 17.7 Å². The van der Waals surface area contributed by atoms with Crippen LogP contribution in [-0.2, 0) is 6.54 Å². The van der Waals surface area contributed by atoms with Gasteiger partial charge in [0.2, 0.25) is 0 Å². The number of nitrogens with two attached hydrogens (primary N) is 1. The summed E-state index contributed by atoms with van der Waals surface area (Å²) in [6.45, 7) is 0.571. The van der Waals surface area contributed by atoms with E-state index >= 15 is 0 Å². The Morgan fingerprint density at radius 1 is 0.950 bits per heavy atom. The molecule has 0 atom stereocenters. The molecule has 1 aromatic heterocycles. The summed E-state index contributed by atoms with van der Waals surface area (Å²) >= 11 is 5.11. The fraction of sp³-hybridized carbons (Fsp3) is 0.0625. The molecule has 0 aliphatic heterocycles. The van der Waals surface area contributed by atoms with E-state index in [0.29, 0.717) is 6.54 Å². The van der Waals surface area contributed by atoms with Gasteiger partial charge in [-0.1, -0.05) is 52.3 Å². The lowest BCUT2D eigenvalue weighted by Crippen LogP contribution is -1.95. The molecule has 2 aromatic carbocycles. The molecule has 0 aliphatic carbocycles. The van der Waals surface area contributed by atoms with Crippen LogP contribution in [0, 0.1) is 0 Å². The van der Waals surface area contributed by atoms with Gasteiger partial charge in [0.15, 0.2) is 0 Å². The zero-order valence-electron chi connectivity index (χ0n) is 10.7. The third kappa shape index (κ3) is 2.82. The van der Waals surface area contributed by atoms with E-state index in [1.807, 2.05) is 24.3 Å². The van der Waals surface area contributed by atoms with Crippen molar-refractivity contribution in [3.8, 4) is 21.8 Å². The first-order valence-corrected chi connectivity index (χ1v) is 7.94. The van der Waals surface area contributed by atoms with Crippen molar-refractivity contribution < 1.29 is 0 Å². The van der Waals surface area contributed by atoms with E-state index in [2.05, 4.69) is 45.6 Å². The molecule has 0 saturated heterocycles. The minimum Gasteiger partial charge on any atom is -0.326 e. The first kappa shape index (κ1) is 13.5. The molecule has 0 fully saturated rings. The van der Waals surface area contributed by atoms with Gasteiger partial charge in [0.1, 0.15) is 5.01 Å². The van der Waals surface area contributed by atoms with Gasteiger partial charge in [0, 0.05) is 27.5 Å². The van der Waals surface area contributed by atoms with E-state index in [9.17, 15) is 0 Å². The quantitative estimate of drug-likeness (QED) is 0.747. The Bertz CT molecular complexity index is 702. The average molecular weight is 345 g/mol. The predicted octanol–water partition coefficient (Wildman–Crippen LogP) is 4.70. The first-order valence-electron chi connectivity index (χ1n) is 6.27. The van der Waals surface area contributed by atoms with Crippen LogP contribution in [0.5, 0.6) is 0 Å². The molecule has 2 nitrogen and oxygen atoms in total. The predicted molar refractivity (Wildman–Crippen MR) is 88.6 cm³/mol. The summed E-state index contributed by atoms with van der Waals surface area (Å²) in [6, 6.07) is 16.5. The van der Waals surface area contributed by atoms with Gasteiger partial charge in [-0.3, -0.25) is 0 Å². The molecule has 0 spiro atoms. The Kier molecular flexibility index (Phi) is 3.96. The van der Waals surface area contributed by atoms with Gasteiger partial charge < -0.3 is 5.73 Å². The van der Waals surface area contributed by atoms with Crippen molar-refractivity contribution in [2.45, 2.75) is 6.54 Å². The number of halogens is 1. The topological polar surface area (TPSA) is 38.9 Å². The Morgan fingerprint density at radius 3 is 2.25 bits per heavy atom. The van der Waals surface area contributed by atoms with Crippen molar-refractivity contribution in [3.05, 3.63) is 63.9 Å². The molecule has 0 saturated carbocycles. The van der Waals surface area contributed by atoms with E-state index in [4.69, 9.17) is 10.7 Å². The summed E-state index contributed by atoms with van der Waals surface area (Å²) in [5.41, 5.74) is 10.0. The minimum absolute atomic E-state index is 0.571. The van der Waals surface area contributed by atoms with Crippen molar-refractivity contribution in [2.75, 3.05) is 0 Å². The highest BCUT2D eigenvalue weighted by atomic mass is 79.9. The summed E-state index contributed by atoms with van der Waals surface area (Å²) in [5.74, 6) is 0.